The average Bonchev–Trinajstić information content (AvgIpc) is 2.23. The summed E-state index contributed by atoms with van der Waals surface area (Å²) in [6.07, 6.45) is -0.701. The maximum atomic E-state index is 12.2. The molecule has 0 radical (unpaired) electrons. The number of rotatable bonds is 1. The van der Waals surface area contributed by atoms with Crippen LogP contribution in [0.2, 0.25) is 0 Å². The highest BCUT2D eigenvalue weighted by Gasteiger charge is 2.39. The minimum atomic E-state index is -0.878. The quantitative estimate of drug-likeness (QED) is 0.732. The Labute approximate surface area is 124 Å². The molecule has 2 amide bonds. The van der Waals surface area contributed by atoms with E-state index >= 15 is 0 Å². The Hall–Kier alpha value is -1.79. The van der Waals surface area contributed by atoms with Crippen molar-refractivity contribution in [1.29, 1.82) is 0 Å². The van der Waals surface area contributed by atoms with E-state index in [9.17, 15) is 14.4 Å². The largest absolute Gasteiger partial charge is 0.458 e. The smallest absolute Gasteiger partial charge is 0.411 e. The highest BCUT2D eigenvalue weighted by Crippen LogP contribution is 2.16. The first-order valence-electron chi connectivity index (χ1n) is 6.88. The number of nitrogens with zero attached hydrogens (tertiary/aromatic N) is 1. The SMILES string of the molecule is CC(C)(C)OC(=O)C1CNC(=O)CN1C(=O)OC(C)(C)C. The van der Waals surface area contributed by atoms with Crippen molar-refractivity contribution in [2.45, 2.75) is 58.8 Å². The molecule has 1 aliphatic heterocycles. The molecule has 1 atom stereocenters. The molecule has 0 aromatic heterocycles. The summed E-state index contributed by atoms with van der Waals surface area (Å²) in [5, 5.41) is 2.56. The van der Waals surface area contributed by atoms with Gasteiger partial charge in [0.15, 0.2) is 6.04 Å². The number of esters is 1. The van der Waals surface area contributed by atoms with Crippen LogP contribution >= 0.6 is 0 Å². The van der Waals surface area contributed by atoms with Crippen molar-refractivity contribution >= 4 is 18.0 Å². The van der Waals surface area contributed by atoms with Gasteiger partial charge < -0.3 is 14.8 Å². The molecule has 7 nitrogen and oxygen atoms in total. The molecule has 0 aromatic carbocycles. The maximum Gasteiger partial charge on any atom is 0.411 e. The van der Waals surface area contributed by atoms with Crippen molar-refractivity contribution in [3.05, 3.63) is 0 Å². The van der Waals surface area contributed by atoms with Crippen LogP contribution in [-0.4, -0.2) is 53.2 Å². The summed E-state index contributed by atoms with van der Waals surface area (Å²) in [4.78, 5) is 36.9. The number of nitrogens with one attached hydrogen (secondary N) is 1. The van der Waals surface area contributed by atoms with E-state index in [0.29, 0.717) is 0 Å². The van der Waals surface area contributed by atoms with E-state index in [0.717, 1.165) is 4.90 Å². The lowest BCUT2D eigenvalue weighted by atomic mass is 10.1. The zero-order chi connectivity index (χ0) is 16.4. The van der Waals surface area contributed by atoms with Gasteiger partial charge in [0.2, 0.25) is 5.91 Å². The number of ether oxygens (including phenoxy) is 2. The monoisotopic (exact) mass is 300 g/mol. The molecule has 1 heterocycles. The predicted octanol–water partition coefficient (Wildman–Crippen LogP) is 1.06. The molecule has 0 saturated carbocycles. The van der Waals surface area contributed by atoms with Gasteiger partial charge in [-0.1, -0.05) is 0 Å². The lowest BCUT2D eigenvalue weighted by molar-refractivity contribution is -0.162. The van der Waals surface area contributed by atoms with Crippen LogP contribution in [0.4, 0.5) is 4.79 Å². The lowest BCUT2D eigenvalue weighted by Gasteiger charge is -2.36. The van der Waals surface area contributed by atoms with E-state index in [1.807, 2.05) is 0 Å². The van der Waals surface area contributed by atoms with Gasteiger partial charge in [0.05, 0.1) is 0 Å². The van der Waals surface area contributed by atoms with Crippen LogP contribution in [0.15, 0.2) is 0 Å². The Balaban J connectivity index is 2.86. The zero-order valence-electron chi connectivity index (χ0n) is 13.5. The zero-order valence-corrected chi connectivity index (χ0v) is 13.5. The van der Waals surface area contributed by atoms with E-state index < -0.39 is 29.3 Å². The molecular formula is C14H24N2O5. The molecule has 0 aliphatic carbocycles. The second-order valence-corrected chi connectivity index (χ2v) is 6.96. The summed E-state index contributed by atoms with van der Waals surface area (Å²) in [6.45, 7) is 10.2. The number of hydrogen-bond acceptors (Lipinski definition) is 5. The van der Waals surface area contributed by atoms with Gasteiger partial charge in [-0.25, -0.2) is 9.59 Å². The van der Waals surface area contributed by atoms with Gasteiger partial charge in [0.1, 0.15) is 17.7 Å². The number of amides is 2. The van der Waals surface area contributed by atoms with Gasteiger partial charge in [-0.3, -0.25) is 9.69 Å². The maximum absolute atomic E-state index is 12.2. The molecule has 7 heteroatoms. The molecule has 1 fully saturated rings. The van der Waals surface area contributed by atoms with Gasteiger partial charge in [-0.05, 0) is 41.5 Å². The summed E-state index contributed by atoms with van der Waals surface area (Å²) >= 11 is 0. The molecule has 1 N–H and O–H groups in total. The molecule has 1 unspecified atom stereocenters. The van der Waals surface area contributed by atoms with Crippen LogP contribution in [0.25, 0.3) is 0 Å². The Bertz CT molecular complexity index is 434. The van der Waals surface area contributed by atoms with E-state index in [-0.39, 0.29) is 19.0 Å². The third-order valence-electron chi connectivity index (χ3n) is 2.49. The predicted molar refractivity (Wildman–Crippen MR) is 75.6 cm³/mol. The number of carbonyl (C=O) groups is 3. The van der Waals surface area contributed by atoms with Crippen LogP contribution in [0.3, 0.4) is 0 Å². The van der Waals surface area contributed by atoms with E-state index in [4.69, 9.17) is 9.47 Å². The molecule has 1 rings (SSSR count). The normalized spacial score (nSPS) is 19.8. The Kier molecular flexibility index (Phi) is 4.86. The van der Waals surface area contributed by atoms with Gasteiger partial charge in [0, 0.05) is 6.54 Å². The van der Waals surface area contributed by atoms with Crippen molar-refractivity contribution < 1.29 is 23.9 Å². The first kappa shape index (κ1) is 17.3. The molecule has 120 valence electrons. The highest BCUT2D eigenvalue weighted by molar-refractivity contribution is 5.89. The molecule has 1 aliphatic rings. The molecule has 1 saturated heterocycles. The van der Waals surface area contributed by atoms with Crippen LogP contribution in [0.1, 0.15) is 41.5 Å². The van der Waals surface area contributed by atoms with E-state index in [1.165, 1.54) is 0 Å². The first-order chi connectivity index (χ1) is 9.39. The second kappa shape index (κ2) is 5.91. The number of piperazine rings is 1. The fourth-order valence-corrected chi connectivity index (χ4v) is 1.73. The van der Waals surface area contributed by atoms with Crippen LogP contribution in [0, 0.1) is 0 Å². The molecule has 0 spiro atoms. The molecular weight excluding hydrogens is 276 g/mol. The van der Waals surface area contributed by atoms with Gasteiger partial charge in [-0.15, -0.1) is 0 Å². The first-order valence-corrected chi connectivity index (χ1v) is 6.88. The summed E-state index contributed by atoms with van der Waals surface area (Å²) in [6, 6.07) is -0.878. The van der Waals surface area contributed by atoms with E-state index in [2.05, 4.69) is 5.32 Å². The summed E-state index contributed by atoms with van der Waals surface area (Å²) in [5.74, 6) is -0.894. The van der Waals surface area contributed by atoms with Crippen molar-refractivity contribution in [3.8, 4) is 0 Å². The van der Waals surface area contributed by atoms with Crippen LogP contribution < -0.4 is 5.32 Å². The van der Waals surface area contributed by atoms with Crippen molar-refractivity contribution in [1.82, 2.24) is 10.2 Å². The van der Waals surface area contributed by atoms with Crippen molar-refractivity contribution in [2.75, 3.05) is 13.1 Å². The van der Waals surface area contributed by atoms with Crippen molar-refractivity contribution in [2.24, 2.45) is 0 Å². The standard InChI is InChI=1S/C14H24N2O5/c1-13(2,3)20-11(18)9-7-15-10(17)8-16(9)12(19)21-14(4,5)6/h9H,7-8H2,1-6H3,(H,15,17). The fourth-order valence-electron chi connectivity index (χ4n) is 1.73. The fraction of sp³-hybridized carbons (Fsp3) is 0.786. The lowest BCUT2D eigenvalue weighted by Crippen LogP contribution is -2.60. The second-order valence-electron chi connectivity index (χ2n) is 6.96. The highest BCUT2D eigenvalue weighted by atomic mass is 16.6. The van der Waals surface area contributed by atoms with Gasteiger partial charge in [-0.2, -0.15) is 0 Å². The molecule has 21 heavy (non-hydrogen) atoms. The average molecular weight is 300 g/mol. The van der Waals surface area contributed by atoms with E-state index in [1.54, 1.807) is 41.5 Å². The molecule has 0 bridgehead atoms. The number of carbonyl (C=O) groups excluding carboxylic acids is 3. The Morgan fingerprint density at radius 3 is 2.10 bits per heavy atom. The van der Waals surface area contributed by atoms with Crippen LogP contribution in [-0.2, 0) is 19.1 Å². The van der Waals surface area contributed by atoms with Crippen molar-refractivity contribution in [3.63, 3.8) is 0 Å². The summed E-state index contributed by atoms with van der Waals surface area (Å²) < 4.78 is 10.5. The Morgan fingerprint density at radius 1 is 1.10 bits per heavy atom. The third-order valence-corrected chi connectivity index (χ3v) is 2.49. The number of hydrogen-bond donors (Lipinski definition) is 1. The topological polar surface area (TPSA) is 84.9 Å². The summed E-state index contributed by atoms with van der Waals surface area (Å²) in [7, 11) is 0. The van der Waals surface area contributed by atoms with Gasteiger partial charge >= 0.3 is 12.1 Å². The molecule has 0 aromatic rings. The summed E-state index contributed by atoms with van der Waals surface area (Å²) in [5.41, 5.74) is -1.37. The minimum absolute atomic E-state index is 0.0208. The Morgan fingerprint density at radius 2 is 1.62 bits per heavy atom. The third kappa shape index (κ3) is 5.61. The van der Waals surface area contributed by atoms with Gasteiger partial charge in [0.25, 0.3) is 0 Å². The minimum Gasteiger partial charge on any atom is -0.458 e. The van der Waals surface area contributed by atoms with Crippen LogP contribution in [0.5, 0.6) is 0 Å².